The average molecular weight is 448 g/mol. The van der Waals surface area contributed by atoms with Crippen molar-refractivity contribution < 1.29 is 19.2 Å². The van der Waals surface area contributed by atoms with Gasteiger partial charge in [0, 0.05) is 29.0 Å². The van der Waals surface area contributed by atoms with E-state index in [0.717, 1.165) is 4.90 Å². The second-order valence-electron chi connectivity index (χ2n) is 7.13. The van der Waals surface area contributed by atoms with Crippen molar-refractivity contribution in [1.82, 2.24) is 0 Å². The van der Waals surface area contributed by atoms with Crippen molar-refractivity contribution in [3.8, 4) is 0 Å². The monoisotopic (exact) mass is 447 g/mol. The highest BCUT2D eigenvalue weighted by Gasteiger charge is 2.30. The van der Waals surface area contributed by atoms with Crippen molar-refractivity contribution in [3.05, 3.63) is 88.9 Å². The van der Waals surface area contributed by atoms with Crippen LogP contribution in [-0.2, 0) is 9.59 Å². The van der Waals surface area contributed by atoms with Crippen LogP contribution >= 0.6 is 11.6 Å². The van der Waals surface area contributed by atoms with E-state index >= 15 is 0 Å². The maximum Gasteiger partial charge on any atom is 0.255 e. The van der Waals surface area contributed by atoms with Crippen LogP contribution in [0.1, 0.15) is 33.6 Å². The zero-order valence-electron chi connectivity index (χ0n) is 16.8. The van der Waals surface area contributed by atoms with E-state index < -0.39 is 5.91 Å². The lowest BCUT2D eigenvalue weighted by Gasteiger charge is -2.15. The first kappa shape index (κ1) is 21.3. The van der Waals surface area contributed by atoms with Crippen molar-refractivity contribution in [2.24, 2.45) is 0 Å². The number of rotatable bonds is 5. The quantitative estimate of drug-likeness (QED) is 0.563. The Morgan fingerprint density at radius 3 is 1.88 bits per heavy atom. The van der Waals surface area contributed by atoms with Crippen LogP contribution in [-0.4, -0.2) is 23.6 Å². The molecule has 8 heteroatoms. The smallest absolute Gasteiger partial charge is 0.255 e. The van der Waals surface area contributed by atoms with Crippen LogP contribution in [0.2, 0.25) is 5.02 Å². The standard InChI is InChI=1S/C24H18ClN3O4/c25-17-10-8-15(9-11-17)23(31)26-19-6-1-2-7-20(19)27-24(32)16-4-3-5-18(14-16)28-21(29)12-13-22(28)30/h1-11,14H,12-13H2,(H,26,31)(H,27,32). The van der Waals surface area contributed by atoms with Gasteiger partial charge in [-0.1, -0.05) is 29.8 Å². The van der Waals surface area contributed by atoms with E-state index in [1.165, 1.54) is 6.07 Å². The van der Waals surface area contributed by atoms with Gasteiger partial charge < -0.3 is 10.6 Å². The van der Waals surface area contributed by atoms with Crippen molar-refractivity contribution in [1.29, 1.82) is 0 Å². The minimum absolute atomic E-state index is 0.163. The number of para-hydroxylation sites is 2. The molecule has 1 aliphatic rings. The zero-order valence-corrected chi connectivity index (χ0v) is 17.6. The van der Waals surface area contributed by atoms with Crippen LogP contribution < -0.4 is 15.5 Å². The Hall–Kier alpha value is -3.97. The van der Waals surface area contributed by atoms with E-state index in [0.29, 0.717) is 27.6 Å². The number of anilines is 3. The molecule has 160 valence electrons. The minimum Gasteiger partial charge on any atom is -0.320 e. The number of nitrogens with one attached hydrogen (secondary N) is 2. The molecule has 0 radical (unpaired) electrons. The fourth-order valence-corrected chi connectivity index (χ4v) is 3.47. The Bertz CT molecular complexity index is 1210. The summed E-state index contributed by atoms with van der Waals surface area (Å²) in [5.41, 5.74) is 1.87. The molecule has 0 saturated carbocycles. The molecule has 7 nitrogen and oxygen atoms in total. The molecule has 0 aromatic heterocycles. The van der Waals surface area contributed by atoms with Crippen molar-refractivity contribution in [2.45, 2.75) is 12.8 Å². The summed E-state index contributed by atoms with van der Waals surface area (Å²) in [4.78, 5) is 50.5. The fraction of sp³-hybridized carbons (Fsp3) is 0.0833. The van der Waals surface area contributed by atoms with Crippen LogP contribution in [0.25, 0.3) is 0 Å². The molecule has 4 rings (SSSR count). The fourth-order valence-electron chi connectivity index (χ4n) is 3.34. The Labute approximate surface area is 189 Å². The molecule has 0 atom stereocenters. The molecule has 1 fully saturated rings. The largest absolute Gasteiger partial charge is 0.320 e. The van der Waals surface area contributed by atoms with Gasteiger partial charge in [0.25, 0.3) is 11.8 Å². The molecule has 1 saturated heterocycles. The normalized spacial score (nSPS) is 13.2. The summed E-state index contributed by atoms with van der Waals surface area (Å²) < 4.78 is 0. The van der Waals surface area contributed by atoms with Crippen molar-refractivity contribution >= 4 is 52.3 Å². The lowest BCUT2D eigenvalue weighted by atomic mass is 10.1. The maximum atomic E-state index is 12.9. The van der Waals surface area contributed by atoms with E-state index in [2.05, 4.69) is 10.6 Å². The summed E-state index contributed by atoms with van der Waals surface area (Å²) in [6, 6.07) is 19.5. The SMILES string of the molecule is O=C(Nc1ccccc1NC(=O)c1cccc(N2C(=O)CCC2=O)c1)c1ccc(Cl)cc1. The molecule has 0 bridgehead atoms. The number of imide groups is 1. The van der Waals surface area contributed by atoms with Gasteiger partial charge in [-0.25, -0.2) is 0 Å². The van der Waals surface area contributed by atoms with Gasteiger partial charge in [0.05, 0.1) is 17.1 Å². The zero-order chi connectivity index (χ0) is 22.7. The number of hydrogen-bond donors (Lipinski definition) is 2. The summed E-state index contributed by atoms with van der Waals surface area (Å²) in [5.74, 6) is -1.37. The second-order valence-corrected chi connectivity index (χ2v) is 7.57. The topological polar surface area (TPSA) is 95.6 Å². The number of amides is 4. The first-order valence-electron chi connectivity index (χ1n) is 9.85. The van der Waals surface area contributed by atoms with E-state index in [1.54, 1.807) is 66.7 Å². The van der Waals surface area contributed by atoms with Gasteiger partial charge in [-0.05, 0) is 54.6 Å². The van der Waals surface area contributed by atoms with Gasteiger partial charge in [-0.3, -0.25) is 24.1 Å². The molecule has 3 aromatic rings. The first-order valence-corrected chi connectivity index (χ1v) is 10.2. The van der Waals surface area contributed by atoms with Gasteiger partial charge in [0.1, 0.15) is 0 Å². The molecular formula is C24H18ClN3O4. The molecular weight excluding hydrogens is 430 g/mol. The van der Waals surface area contributed by atoms with Crippen LogP contribution in [0.15, 0.2) is 72.8 Å². The lowest BCUT2D eigenvalue weighted by Crippen LogP contribution is -2.28. The highest BCUT2D eigenvalue weighted by molar-refractivity contribution is 6.30. The van der Waals surface area contributed by atoms with E-state index in [-0.39, 0.29) is 36.1 Å². The van der Waals surface area contributed by atoms with Crippen LogP contribution in [0, 0.1) is 0 Å². The summed E-state index contributed by atoms with van der Waals surface area (Å²) in [5, 5.41) is 6.07. The minimum atomic E-state index is -0.445. The molecule has 2 N–H and O–H groups in total. The highest BCUT2D eigenvalue weighted by atomic mass is 35.5. The van der Waals surface area contributed by atoms with Crippen LogP contribution in [0.4, 0.5) is 17.1 Å². The summed E-state index contributed by atoms with van der Waals surface area (Å²) in [6.07, 6.45) is 0.325. The molecule has 0 unspecified atom stereocenters. The number of carbonyl (C=O) groups excluding carboxylic acids is 4. The first-order chi connectivity index (χ1) is 15.4. The summed E-state index contributed by atoms with van der Waals surface area (Å²) in [7, 11) is 0. The van der Waals surface area contributed by atoms with Crippen LogP contribution in [0.5, 0.6) is 0 Å². The predicted octanol–water partition coefficient (Wildman–Crippen LogP) is 4.50. The third-order valence-corrected chi connectivity index (χ3v) is 5.20. The van der Waals surface area contributed by atoms with Crippen LogP contribution in [0.3, 0.4) is 0 Å². The third kappa shape index (κ3) is 4.53. The summed E-state index contributed by atoms with van der Waals surface area (Å²) in [6.45, 7) is 0. The lowest BCUT2D eigenvalue weighted by molar-refractivity contribution is -0.121. The number of benzene rings is 3. The Balaban J connectivity index is 1.53. The Morgan fingerprint density at radius 1 is 0.719 bits per heavy atom. The Morgan fingerprint density at radius 2 is 1.28 bits per heavy atom. The summed E-state index contributed by atoms with van der Waals surface area (Å²) >= 11 is 5.87. The van der Waals surface area contributed by atoms with E-state index in [1.807, 2.05) is 0 Å². The van der Waals surface area contributed by atoms with E-state index in [9.17, 15) is 19.2 Å². The van der Waals surface area contributed by atoms with Crippen molar-refractivity contribution in [3.63, 3.8) is 0 Å². The second kappa shape index (κ2) is 9.03. The van der Waals surface area contributed by atoms with Crippen molar-refractivity contribution in [2.75, 3.05) is 15.5 Å². The van der Waals surface area contributed by atoms with E-state index in [4.69, 9.17) is 11.6 Å². The molecule has 0 aliphatic carbocycles. The number of nitrogens with zero attached hydrogens (tertiary/aromatic N) is 1. The molecule has 4 amide bonds. The highest BCUT2D eigenvalue weighted by Crippen LogP contribution is 2.26. The molecule has 1 aliphatic heterocycles. The average Bonchev–Trinajstić information content (AvgIpc) is 3.13. The third-order valence-electron chi connectivity index (χ3n) is 4.95. The number of hydrogen-bond acceptors (Lipinski definition) is 4. The maximum absolute atomic E-state index is 12.9. The number of carbonyl (C=O) groups is 4. The molecule has 1 heterocycles. The van der Waals surface area contributed by atoms with Gasteiger partial charge >= 0.3 is 0 Å². The van der Waals surface area contributed by atoms with Gasteiger partial charge in [0.2, 0.25) is 11.8 Å². The predicted molar refractivity (Wildman–Crippen MR) is 122 cm³/mol. The molecule has 0 spiro atoms. The molecule has 3 aromatic carbocycles. The molecule has 32 heavy (non-hydrogen) atoms. The van der Waals surface area contributed by atoms with Gasteiger partial charge in [-0.15, -0.1) is 0 Å². The van der Waals surface area contributed by atoms with Gasteiger partial charge in [0.15, 0.2) is 0 Å². The Kier molecular flexibility index (Phi) is 6.00. The van der Waals surface area contributed by atoms with Gasteiger partial charge in [-0.2, -0.15) is 0 Å². The number of halogens is 1.